The van der Waals surface area contributed by atoms with E-state index in [0.717, 1.165) is 27.9 Å². The molecule has 7 heteroatoms. The van der Waals surface area contributed by atoms with E-state index in [4.69, 9.17) is 11.6 Å². The maximum atomic E-state index is 13.3. The maximum absolute atomic E-state index is 13.3. The third kappa shape index (κ3) is 3.08. The predicted molar refractivity (Wildman–Crippen MR) is 111 cm³/mol. The quantitative estimate of drug-likeness (QED) is 0.480. The number of halogens is 1. The van der Waals surface area contributed by atoms with Gasteiger partial charge in [0, 0.05) is 35.2 Å². The predicted octanol–water partition coefficient (Wildman–Crippen LogP) is 4.91. The second-order valence-corrected chi connectivity index (χ2v) is 9.07. The molecule has 28 heavy (non-hydrogen) atoms. The van der Waals surface area contributed by atoms with E-state index < -0.39 is 10.0 Å². The molecular weight excluding hydrogens is 394 g/mol. The Bertz CT molecular complexity index is 1310. The lowest BCUT2D eigenvalue weighted by molar-refractivity contribution is 0.589. The van der Waals surface area contributed by atoms with Gasteiger partial charge in [-0.25, -0.2) is 17.4 Å². The van der Waals surface area contributed by atoms with Crippen LogP contribution in [0, 0.1) is 20.8 Å². The van der Waals surface area contributed by atoms with Gasteiger partial charge >= 0.3 is 0 Å². The van der Waals surface area contributed by atoms with Crippen molar-refractivity contribution in [2.45, 2.75) is 25.7 Å². The minimum atomic E-state index is -3.81. The fraction of sp³-hybridized carbons (Fsp3) is 0.143. The van der Waals surface area contributed by atoms with Crippen LogP contribution >= 0.6 is 11.6 Å². The number of aryl methyl sites for hydroxylation is 3. The molecule has 5 nitrogen and oxygen atoms in total. The van der Waals surface area contributed by atoms with Crippen LogP contribution in [0.2, 0.25) is 5.02 Å². The Kier molecular flexibility index (Phi) is 4.48. The summed E-state index contributed by atoms with van der Waals surface area (Å²) in [5.41, 5.74) is 4.77. The molecule has 142 valence electrons. The Hall–Kier alpha value is -2.70. The maximum Gasteiger partial charge on any atom is 0.269 e. The minimum Gasteiger partial charge on any atom is -0.261 e. The van der Waals surface area contributed by atoms with E-state index in [2.05, 4.69) is 9.97 Å². The minimum absolute atomic E-state index is 0.209. The zero-order chi connectivity index (χ0) is 20.1. The fourth-order valence-corrected chi connectivity index (χ4v) is 4.68. The zero-order valence-corrected chi connectivity index (χ0v) is 17.2. The largest absolute Gasteiger partial charge is 0.269 e. The van der Waals surface area contributed by atoms with E-state index in [-0.39, 0.29) is 4.90 Å². The molecule has 0 N–H and O–H groups in total. The Morgan fingerprint density at radius 3 is 2.36 bits per heavy atom. The molecule has 0 saturated carbocycles. The standard InChI is InChI=1S/C21H18ClN3O2S/c1-13-4-6-17(7-5-13)28(26,27)25-12-20(18-8-15(3)23-10-14(18)2)19-9-16(22)11-24-21(19)25/h4-12H,1-3H3. The Labute approximate surface area is 168 Å². The Morgan fingerprint density at radius 2 is 1.64 bits per heavy atom. The van der Waals surface area contributed by atoms with Crippen molar-refractivity contribution in [3.05, 3.63) is 76.8 Å². The van der Waals surface area contributed by atoms with Gasteiger partial charge in [0.1, 0.15) is 0 Å². The molecule has 4 aromatic rings. The van der Waals surface area contributed by atoms with E-state index in [9.17, 15) is 8.42 Å². The normalized spacial score (nSPS) is 11.9. The van der Waals surface area contributed by atoms with Gasteiger partial charge in [0.05, 0.1) is 9.92 Å². The molecule has 0 bridgehead atoms. The molecule has 0 aliphatic rings. The average molecular weight is 412 g/mol. The molecule has 0 aliphatic carbocycles. The summed E-state index contributed by atoms with van der Waals surface area (Å²) in [6.45, 7) is 5.76. The summed E-state index contributed by atoms with van der Waals surface area (Å²) in [6, 6.07) is 10.4. The Morgan fingerprint density at radius 1 is 0.929 bits per heavy atom. The Balaban J connectivity index is 2.03. The van der Waals surface area contributed by atoms with Crippen LogP contribution in [0.5, 0.6) is 0 Å². The van der Waals surface area contributed by atoms with Crippen molar-refractivity contribution in [1.29, 1.82) is 0 Å². The molecule has 0 saturated heterocycles. The number of aromatic nitrogens is 3. The highest BCUT2D eigenvalue weighted by Crippen LogP contribution is 2.35. The van der Waals surface area contributed by atoms with Crippen molar-refractivity contribution < 1.29 is 8.42 Å². The lowest BCUT2D eigenvalue weighted by atomic mass is 10.0. The molecule has 4 rings (SSSR count). The molecule has 0 unspecified atom stereocenters. The van der Waals surface area contributed by atoms with Crippen LogP contribution in [0.3, 0.4) is 0 Å². The third-order valence-corrected chi connectivity index (χ3v) is 6.56. The number of hydrogen-bond donors (Lipinski definition) is 0. The fourth-order valence-electron chi connectivity index (χ4n) is 3.19. The number of benzene rings is 1. The van der Waals surface area contributed by atoms with Crippen LogP contribution in [0.15, 0.2) is 59.9 Å². The first-order valence-electron chi connectivity index (χ1n) is 8.70. The van der Waals surface area contributed by atoms with Gasteiger partial charge in [-0.05, 0) is 56.2 Å². The van der Waals surface area contributed by atoms with Gasteiger partial charge in [0.2, 0.25) is 0 Å². The first kappa shape index (κ1) is 18.7. The molecule has 0 amide bonds. The average Bonchev–Trinajstić information content (AvgIpc) is 3.03. The third-order valence-electron chi connectivity index (χ3n) is 4.69. The van der Waals surface area contributed by atoms with E-state index in [1.807, 2.05) is 26.8 Å². The van der Waals surface area contributed by atoms with Gasteiger partial charge in [-0.2, -0.15) is 0 Å². The first-order chi connectivity index (χ1) is 13.3. The smallest absolute Gasteiger partial charge is 0.261 e. The van der Waals surface area contributed by atoms with Gasteiger partial charge in [-0.15, -0.1) is 0 Å². The first-order valence-corrected chi connectivity index (χ1v) is 10.5. The second-order valence-electron chi connectivity index (χ2n) is 6.82. The number of fused-ring (bicyclic) bond motifs is 1. The number of nitrogens with zero attached hydrogens (tertiary/aromatic N) is 3. The van der Waals surface area contributed by atoms with Crippen molar-refractivity contribution in [2.75, 3.05) is 0 Å². The number of hydrogen-bond acceptors (Lipinski definition) is 4. The molecule has 1 aromatic carbocycles. The summed E-state index contributed by atoms with van der Waals surface area (Å²) in [5.74, 6) is 0. The summed E-state index contributed by atoms with van der Waals surface area (Å²) < 4.78 is 27.9. The number of rotatable bonds is 3. The van der Waals surface area contributed by atoms with Crippen molar-refractivity contribution in [3.8, 4) is 11.1 Å². The number of pyridine rings is 2. The van der Waals surface area contributed by atoms with Gasteiger partial charge in [0.15, 0.2) is 5.65 Å². The van der Waals surface area contributed by atoms with Crippen LogP contribution in [0.4, 0.5) is 0 Å². The van der Waals surface area contributed by atoms with Crippen molar-refractivity contribution >= 4 is 32.7 Å². The lowest BCUT2D eigenvalue weighted by Gasteiger charge is -2.07. The zero-order valence-electron chi connectivity index (χ0n) is 15.6. The van der Waals surface area contributed by atoms with E-state index in [1.54, 1.807) is 42.7 Å². The highest BCUT2D eigenvalue weighted by molar-refractivity contribution is 7.90. The van der Waals surface area contributed by atoms with E-state index >= 15 is 0 Å². The molecule has 3 heterocycles. The SMILES string of the molecule is Cc1ccc(S(=O)(=O)n2cc(-c3cc(C)ncc3C)c3cc(Cl)cnc32)cc1. The summed E-state index contributed by atoms with van der Waals surface area (Å²) in [4.78, 5) is 8.84. The summed E-state index contributed by atoms with van der Waals surface area (Å²) >= 11 is 6.17. The van der Waals surface area contributed by atoms with Gasteiger partial charge < -0.3 is 0 Å². The van der Waals surface area contributed by atoms with Crippen molar-refractivity contribution in [2.24, 2.45) is 0 Å². The lowest BCUT2D eigenvalue weighted by Crippen LogP contribution is -2.12. The van der Waals surface area contributed by atoms with E-state index in [1.165, 1.54) is 10.2 Å². The summed E-state index contributed by atoms with van der Waals surface area (Å²) in [7, 11) is -3.81. The molecule has 0 atom stereocenters. The second kappa shape index (κ2) is 6.72. The van der Waals surface area contributed by atoms with Crippen LogP contribution in [-0.4, -0.2) is 22.4 Å². The molecule has 0 aliphatic heterocycles. The van der Waals surface area contributed by atoms with Crippen LogP contribution < -0.4 is 0 Å². The monoisotopic (exact) mass is 411 g/mol. The van der Waals surface area contributed by atoms with Crippen LogP contribution in [0.1, 0.15) is 16.8 Å². The van der Waals surface area contributed by atoms with Gasteiger partial charge in [-0.3, -0.25) is 4.98 Å². The summed E-state index contributed by atoms with van der Waals surface area (Å²) in [6.07, 6.45) is 4.85. The van der Waals surface area contributed by atoms with Crippen molar-refractivity contribution in [1.82, 2.24) is 13.9 Å². The van der Waals surface area contributed by atoms with Crippen LogP contribution in [-0.2, 0) is 10.0 Å². The van der Waals surface area contributed by atoms with Crippen molar-refractivity contribution in [3.63, 3.8) is 0 Å². The molecular formula is C21H18ClN3O2S. The molecule has 0 radical (unpaired) electrons. The van der Waals surface area contributed by atoms with Crippen LogP contribution in [0.25, 0.3) is 22.2 Å². The van der Waals surface area contributed by atoms with E-state index in [0.29, 0.717) is 16.1 Å². The van der Waals surface area contributed by atoms with Gasteiger partial charge in [0.25, 0.3) is 10.0 Å². The highest BCUT2D eigenvalue weighted by Gasteiger charge is 2.23. The highest BCUT2D eigenvalue weighted by atomic mass is 35.5. The molecule has 0 fully saturated rings. The molecule has 3 aromatic heterocycles. The van der Waals surface area contributed by atoms with Gasteiger partial charge in [-0.1, -0.05) is 29.3 Å². The topological polar surface area (TPSA) is 64.8 Å². The summed E-state index contributed by atoms with van der Waals surface area (Å²) in [5, 5.41) is 1.12. The molecule has 0 spiro atoms.